The topological polar surface area (TPSA) is 143 Å². The summed E-state index contributed by atoms with van der Waals surface area (Å²) >= 11 is 6.13. The standard InChI is InChI=1S/C30H43ClN4O6/c1-18(2)26(34-30(40)35-27(19(3)4)29(39)41-5)24(36)17-21-10-6-7-14-32-25(37)13-12-23(33-28(21)38)16-20-9-8-11-22(31)15-20/h8-9,11-13,15,18-19,21,23,26-27H,6-7,10,14,16-17H2,1-5H3,(H,32,37)(H,33,38)(H2,34,35,40)/b13-12+/t21-,23-,26+,27+/m1/s1. The van der Waals surface area contributed by atoms with Gasteiger partial charge in [0.1, 0.15) is 6.04 Å². The Hall–Kier alpha value is -3.40. The molecule has 1 aromatic carbocycles. The molecule has 2 rings (SSSR count). The van der Waals surface area contributed by atoms with E-state index in [-0.39, 0.29) is 35.9 Å². The van der Waals surface area contributed by atoms with Gasteiger partial charge < -0.3 is 26.0 Å². The minimum absolute atomic E-state index is 0.0699. The second kappa shape index (κ2) is 16.8. The molecular weight excluding hydrogens is 548 g/mol. The number of carbonyl (C=O) groups excluding carboxylic acids is 5. The number of amides is 4. The summed E-state index contributed by atoms with van der Waals surface area (Å²) in [6.45, 7) is 7.61. The molecule has 11 heteroatoms. The summed E-state index contributed by atoms with van der Waals surface area (Å²) in [6.07, 6.45) is 5.11. The van der Waals surface area contributed by atoms with Crippen molar-refractivity contribution in [3.63, 3.8) is 0 Å². The highest BCUT2D eigenvalue weighted by Gasteiger charge is 2.32. The van der Waals surface area contributed by atoms with Gasteiger partial charge >= 0.3 is 12.0 Å². The number of ether oxygens (including phenoxy) is 1. The molecule has 0 aromatic heterocycles. The lowest BCUT2D eigenvalue weighted by Crippen LogP contribution is -2.54. The van der Waals surface area contributed by atoms with E-state index in [1.165, 1.54) is 13.2 Å². The highest BCUT2D eigenvalue weighted by Crippen LogP contribution is 2.19. The van der Waals surface area contributed by atoms with Crippen LogP contribution in [0.2, 0.25) is 5.02 Å². The summed E-state index contributed by atoms with van der Waals surface area (Å²) in [5, 5.41) is 11.7. The molecule has 10 nitrogen and oxygen atoms in total. The second-order valence-electron chi connectivity index (χ2n) is 11.0. The number of nitrogens with one attached hydrogen (secondary N) is 4. The van der Waals surface area contributed by atoms with Crippen LogP contribution in [0, 0.1) is 17.8 Å². The van der Waals surface area contributed by atoms with Gasteiger partial charge in [-0.05, 0) is 48.8 Å². The number of benzene rings is 1. The molecule has 1 heterocycles. The molecule has 4 amide bonds. The predicted molar refractivity (Wildman–Crippen MR) is 157 cm³/mol. The molecule has 1 aliphatic heterocycles. The van der Waals surface area contributed by atoms with Gasteiger partial charge in [0.2, 0.25) is 11.8 Å². The Morgan fingerprint density at radius 3 is 2.37 bits per heavy atom. The molecule has 226 valence electrons. The van der Waals surface area contributed by atoms with Gasteiger partial charge in [0.25, 0.3) is 0 Å². The molecule has 0 fully saturated rings. The van der Waals surface area contributed by atoms with Gasteiger partial charge in [0.15, 0.2) is 5.78 Å². The van der Waals surface area contributed by atoms with Crippen LogP contribution in [0.25, 0.3) is 0 Å². The average molecular weight is 591 g/mol. The van der Waals surface area contributed by atoms with E-state index in [0.717, 1.165) is 5.56 Å². The van der Waals surface area contributed by atoms with Gasteiger partial charge in [-0.1, -0.05) is 63.9 Å². The van der Waals surface area contributed by atoms with E-state index >= 15 is 0 Å². The number of halogens is 1. The number of Topliss-reactive ketones (excluding diaryl/α,β-unsaturated/α-hetero) is 1. The van der Waals surface area contributed by atoms with Gasteiger partial charge in [0, 0.05) is 30.0 Å². The third-order valence-corrected chi connectivity index (χ3v) is 7.19. The zero-order chi connectivity index (χ0) is 30.5. The van der Waals surface area contributed by atoms with Crippen molar-refractivity contribution in [3.8, 4) is 0 Å². The molecule has 0 bridgehead atoms. The smallest absolute Gasteiger partial charge is 0.328 e. The molecule has 0 saturated carbocycles. The average Bonchev–Trinajstić information content (AvgIpc) is 2.90. The fourth-order valence-electron chi connectivity index (χ4n) is 4.64. The number of rotatable bonds is 10. The zero-order valence-corrected chi connectivity index (χ0v) is 25.3. The van der Waals surface area contributed by atoms with E-state index < -0.39 is 36.0 Å². The van der Waals surface area contributed by atoms with Gasteiger partial charge in [0.05, 0.1) is 19.2 Å². The van der Waals surface area contributed by atoms with Crippen LogP contribution < -0.4 is 21.3 Å². The van der Waals surface area contributed by atoms with Gasteiger partial charge in [-0.2, -0.15) is 0 Å². The molecule has 4 atom stereocenters. The number of hydrogen-bond donors (Lipinski definition) is 4. The molecule has 1 aromatic rings. The molecule has 0 unspecified atom stereocenters. The Kier molecular flexibility index (Phi) is 13.8. The predicted octanol–water partition coefficient (Wildman–Crippen LogP) is 3.32. The Balaban J connectivity index is 2.18. The van der Waals surface area contributed by atoms with Gasteiger partial charge in [-0.15, -0.1) is 0 Å². The van der Waals surface area contributed by atoms with Crippen molar-refractivity contribution >= 4 is 41.2 Å². The first-order chi connectivity index (χ1) is 19.4. The van der Waals surface area contributed by atoms with Crippen LogP contribution >= 0.6 is 11.6 Å². The van der Waals surface area contributed by atoms with Crippen molar-refractivity contribution in [2.24, 2.45) is 17.8 Å². The summed E-state index contributed by atoms with van der Waals surface area (Å²) in [4.78, 5) is 64.0. The number of urea groups is 1. The van der Waals surface area contributed by atoms with E-state index in [4.69, 9.17) is 16.3 Å². The molecule has 41 heavy (non-hydrogen) atoms. The molecular formula is C30H43ClN4O6. The molecule has 1 aliphatic rings. The number of hydrogen-bond acceptors (Lipinski definition) is 6. The fourth-order valence-corrected chi connectivity index (χ4v) is 4.85. The summed E-state index contributed by atoms with van der Waals surface area (Å²) in [7, 11) is 1.25. The Labute approximate surface area is 247 Å². The fraction of sp³-hybridized carbons (Fsp3) is 0.567. The summed E-state index contributed by atoms with van der Waals surface area (Å²) in [5.41, 5.74) is 0.884. The van der Waals surface area contributed by atoms with Crippen LogP contribution in [0.5, 0.6) is 0 Å². The molecule has 0 aliphatic carbocycles. The lowest BCUT2D eigenvalue weighted by Gasteiger charge is -2.27. The monoisotopic (exact) mass is 590 g/mol. The highest BCUT2D eigenvalue weighted by atomic mass is 35.5. The number of methoxy groups -OCH3 is 1. The van der Waals surface area contributed by atoms with E-state index in [2.05, 4.69) is 21.3 Å². The maximum atomic E-state index is 13.5. The molecule has 0 saturated heterocycles. The zero-order valence-electron chi connectivity index (χ0n) is 24.5. The van der Waals surface area contributed by atoms with Crippen LogP contribution in [0.15, 0.2) is 36.4 Å². The minimum Gasteiger partial charge on any atom is -0.467 e. The largest absolute Gasteiger partial charge is 0.467 e. The Morgan fingerprint density at radius 2 is 1.73 bits per heavy atom. The van der Waals surface area contributed by atoms with Gasteiger partial charge in [-0.3, -0.25) is 14.4 Å². The summed E-state index contributed by atoms with van der Waals surface area (Å²) in [6, 6.07) is 4.36. The maximum absolute atomic E-state index is 13.5. The third-order valence-electron chi connectivity index (χ3n) is 6.96. The Morgan fingerprint density at radius 1 is 1.05 bits per heavy atom. The molecule has 4 N–H and O–H groups in total. The van der Waals surface area contributed by atoms with Crippen molar-refractivity contribution in [3.05, 3.63) is 47.0 Å². The maximum Gasteiger partial charge on any atom is 0.328 e. The number of carbonyl (C=O) groups is 5. The van der Waals surface area contributed by atoms with Crippen LogP contribution in [-0.2, 0) is 30.3 Å². The van der Waals surface area contributed by atoms with E-state index in [0.29, 0.717) is 37.3 Å². The van der Waals surface area contributed by atoms with Crippen molar-refractivity contribution in [2.75, 3.05) is 13.7 Å². The normalized spacial score (nSPS) is 20.5. The highest BCUT2D eigenvalue weighted by molar-refractivity contribution is 6.30. The molecule has 0 radical (unpaired) electrons. The summed E-state index contributed by atoms with van der Waals surface area (Å²) in [5.74, 6) is -2.50. The number of ketones is 1. The second-order valence-corrected chi connectivity index (χ2v) is 11.5. The lowest BCUT2D eigenvalue weighted by molar-refractivity contribution is -0.144. The van der Waals surface area contributed by atoms with E-state index in [1.54, 1.807) is 45.9 Å². The first-order valence-corrected chi connectivity index (χ1v) is 14.5. The van der Waals surface area contributed by atoms with Crippen LogP contribution in [0.4, 0.5) is 4.79 Å². The van der Waals surface area contributed by atoms with Gasteiger partial charge in [-0.25, -0.2) is 9.59 Å². The quantitative estimate of drug-likeness (QED) is 0.308. The third kappa shape index (κ3) is 11.5. The minimum atomic E-state index is -0.870. The first-order valence-electron chi connectivity index (χ1n) is 14.1. The lowest BCUT2D eigenvalue weighted by atomic mass is 9.88. The first kappa shape index (κ1) is 33.8. The number of esters is 1. The van der Waals surface area contributed by atoms with Crippen LogP contribution in [-0.4, -0.2) is 61.4 Å². The summed E-state index contributed by atoms with van der Waals surface area (Å²) < 4.78 is 4.78. The SMILES string of the molecule is COC(=O)[C@@H](NC(=O)N[C@H](C(=O)C[C@H]1CCCCNC(=O)/C=C/[C@H](Cc2cccc(Cl)c2)NC1=O)C(C)C)C(C)C. The van der Waals surface area contributed by atoms with Crippen molar-refractivity contribution in [2.45, 2.75) is 77.9 Å². The van der Waals surface area contributed by atoms with Crippen LogP contribution in [0.1, 0.15) is 58.9 Å². The van der Waals surface area contributed by atoms with E-state index in [9.17, 15) is 24.0 Å². The van der Waals surface area contributed by atoms with Crippen molar-refractivity contribution < 1.29 is 28.7 Å². The van der Waals surface area contributed by atoms with Crippen LogP contribution in [0.3, 0.4) is 0 Å². The molecule has 0 spiro atoms. The van der Waals surface area contributed by atoms with Crippen molar-refractivity contribution in [1.82, 2.24) is 21.3 Å². The van der Waals surface area contributed by atoms with E-state index in [1.807, 2.05) is 12.1 Å². The Bertz CT molecular complexity index is 1110. The van der Waals surface area contributed by atoms with Crippen molar-refractivity contribution in [1.29, 1.82) is 0 Å².